The molecule has 0 saturated heterocycles. The number of amides is 1. The summed E-state index contributed by atoms with van der Waals surface area (Å²) >= 11 is 1.60. The van der Waals surface area contributed by atoms with Gasteiger partial charge in [0, 0.05) is 11.3 Å². The van der Waals surface area contributed by atoms with Crippen LogP contribution in [0.3, 0.4) is 0 Å². The summed E-state index contributed by atoms with van der Waals surface area (Å²) in [5.41, 5.74) is 6.40. The van der Waals surface area contributed by atoms with Crippen LogP contribution in [0, 0.1) is 0 Å². The zero-order chi connectivity index (χ0) is 15.2. The van der Waals surface area contributed by atoms with Crippen molar-refractivity contribution in [1.29, 1.82) is 0 Å². The summed E-state index contributed by atoms with van der Waals surface area (Å²) in [6, 6.07) is 5.14. The van der Waals surface area contributed by atoms with Crippen molar-refractivity contribution in [3.05, 3.63) is 18.2 Å². The minimum absolute atomic E-state index is 0.339. The fourth-order valence-corrected chi connectivity index (χ4v) is 2.23. The normalized spacial score (nSPS) is 11.4. The first-order chi connectivity index (χ1) is 9.31. The van der Waals surface area contributed by atoms with Crippen LogP contribution in [0.2, 0.25) is 0 Å². The number of rotatable bonds is 6. The zero-order valence-corrected chi connectivity index (χ0v) is 11.9. The number of benzene rings is 1. The highest BCUT2D eigenvalue weighted by Crippen LogP contribution is 2.28. The smallest absolute Gasteiger partial charge is 0.389 e. The molecule has 0 aliphatic heterocycles. The van der Waals surface area contributed by atoms with Crippen LogP contribution in [0.5, 0.6) is 0 Å². The first kappa shape index (κ1) is 16.7. The van der Waals surface area contributed by atoms with Crippen molar-refractivity contribution >= 4 is 29.0 Å². The summed E-state index contributed by atoms with van der Waals surface area (Å²) in [6.07, 6.45) is -5.07. The molecule has 20 heavy (non-hydrogen) atoms. The lowest BCUT2D eigenvalue weighted by molar-refractivity contribution is -0.142. The maximum absolute atomic E-state index is 12.0. The summed E-state index contributed by atoms with van der Waals surface area (Å²) in [7, 11) is 0. The van der Waals surface area contributed by atoms with E-state index >= 15 is 0 Å². The lowest BCUT2D eigenvalue weighted by Crippen LogP contribution is -2.17. The number of nitrogens with two attached hydrogens (primary N) is 1. The van der Waals surface area contributed by atoms with E-state index in [0.29, 0.717) is 11.4 Å². The predicted molar refractivity (Wildman–Crippen MR) is 75.8 cm³/mol. The van der Waals surface area contributed by atoms with E-state index in [2.05, 4.69) is 5.32 Å². The van der Waals surface area contributed by atoms with E-state index in [0.717, 1.165) is 17.1 Å². The Hall–Kier alpha value is -1.37. The quantitative estimate of drug-likeness (QED) is 0.616. The van der Waals surface area contributed by atoms with Crippen LogP contribution in [0.4, 0.5) is 24.5 Å². The molecule has 0 aliphatic carbocycles. The number of nitrogen functional groups attached to an aromatic ring is 1. The summed E-state index contributed by atoms with van der Waals surface area (Å²) in [6.45, 7) is 2.05. The van der Waals surface area contributed by atoms with Gasteiger partial charge >= 0.3 is 6.18 Å². The monoisotopic (exact) mass is 306 g/mol. The number of carbonyl (C=O) groups is 1. The molecule has 0 aromatic heterocycles. The number of thioether (sulfide) groups is 1. The van der Waals surface area contributed by atoms with Crippen molar-refractivity contribution < 1.29 is 18.0 Å². The molecule has 0 saturated carbocycles. The van der Waals surface area contributed by atoms with Gasteiger partial charge in [0.25, 0.3) is 0 Å². The Balaban J connectivity index is 2.63. The van der Waals surface area contributed by atoms with E-state index in [4.69, 9.17) is 5.73 Å². The predicted octanol–water partition coefficient (Wildman–Crippen LogP) is 4.05. The maximum Gasteiger partial charge on any atom is 0.389 e. The maximum atomic E-state index is 12.0. The van der Waals surface area contributed by atoms with Gasteiger partial charge in [-0.05, 0) is 30.4 Å². The van der Waals surface area contributed by atoms with Gasteiger partial charge in [-0.15, -0.1) is 11.8 Å². The van der Waals surface area contributed by atoms with Gasteiger partial charge in [0.1, 0.15) is 0 Å². The molecule has 0 fully saturated rings. The highest BCUT2D eigenvalue weighted by atomic mass is 32.2. The van der Waals surface area contributed by atoms with E-state index in [9.17, 15) is 18.0 Å². The Labute approximate surface area is 120 Å². The van der Waals surface area contributed by atoms with E-state index < -0.39 is 24.9 Å². The van der Waals surface area contributed by atoms with Crippen LogP contribution in [0.15, 0.2) is 23.1 Å². The van der Waals surface area contributed by atoms with Gasteiger partial charge in [-0.3, -0.25) is 4.79 Å². The van der Waals surface area contributed by atoms with Gasteiger partial charge in [-0.1, -0.05) is 6.92 Å². The molecule has 3 N–H and O–H groups in total. The molecule has 1 aromatic carbocycles. The average molecular weight is 306 g/mol. The minimum Gasteiger partial charge on any atom is -0.397 e. The standard InChI is InChI=1S/C13H17F3N2OS/c1-2-7-20-9-3-4-10(17)11(8-9)18-12(19)5-6-13(14,15)16/h3-4,8H,2,5-7,17H2,1H3,(H,18,19). The SMILES string of the molecule is CCCSc1ccc(N)c(NC(=O)CCC(F)(F)F)c1. The molecule has 0 radical (unpaired) electrons. The van der Waals surface area contributed by atoms with Crippen LogP contribution in [-0.4, -0.2) is 17.8 Å². The van der Waals surface area contributed by atoms with Gasteiger partial charge in [0.15, 0.2) is 0 Å². The lowest BCUT2D eigenvalue weighted by atomic mass is 10.2. The molecule has 7 heteroatoms. The summed E-state index contributed by atoms with van der Waals surface area (Å²) in [5, 5.41) is 2.42. The first-order valence-electron chi connectivity index (χ1n) is 6.20. The lowest BCUT2D eigenvalue weighted by Gasteiger charge is -2.11. The molecule has 0 aliphatic rings. The van der Waals surface area contributed by atoms with Crippen LogP contribution >= 0.6 is 11.8 Å². The molecule has 0 atom stereocenters. The molecular weight excluding hydrogens is 289 g/mol. The number of carbonyl (C=O) groups excluding carboxylic acids is 1. The molecule has 3 nitrogen and oxygen atoms in total. The third kappa shape index (κ3) is 6.18. The van der Waals surface area contributed by atoms with Crippen molar-refractivity contribution in [1.82, 2.24) is 0 Å². The Kier molecular flexibility index (Phi) is 6.19. The Bertz CT molecular complexity index is 463. The minimum atomic E-state index is -4.33. The van der Waals surface area contributed by atoms with Crippen LogP contribution in [0.25, 0.3) is 0 Å². The van der Waals surface area contributed by atoms with Crippen LogP contribution < -0.4 is 11.1 Å². The zero-order valence-electron chi connectivity index (χ0n) is 11.1. The Morgan fingerprint density at radius 1 is 1.40 bits per heavy atom. The highest BCUT2D eigenvalue weighted by molar-refractivity contribution is 7.99. The average Bonchev–Trinajstić information content (AvgIpc) is 2.36. The molecular formula is C13H17F3N2OS. The van der Waals surface area contributed by atoms with E-state index in [-0.39, 0.29) is 0 Å². The second kappa shape index (κ2) is 7.42. The van der Waals surface area contributed by atoms with Gasteiger partial charge in [0.2, 0.25) is 5.91 Å². The number of nitrogens with one attached hydrogen (secondary N) is 1. The fourth-order valence-electron chi connectivity index (χ4n) is 1.42. The molecule has 0 spiro atoms. The largest absolute Gasteiger partial charge is 0.397 e. The van der Waals surface area contributed by atoms with Crippen molar-refractivity contribution in [2.24, 2.45) is 0 Å². The van der Waals surface area contributed by atoms with Gasteiger partial charge in [-0.25, -0.2) is 0 Å². The number of hydrogen-bond acceptors (Lipinski definition) is 3. The molecule has 1 amide bonds. The van der Waals surface area contributed by atoms with Crippen molar-refractivity contribution in [2.75, 3.05) is 16.8 Å². The second-order valence-electron chi connectivity index (χ2n) is 4.26. The number of hydrogen-bond donors (Lipinski definition) is 2. The second-order valence-corrected chi connectivity index (χ2v) is 5.43. The van der Waals surface area contributed by atoms with Gasteiger partial charge in [-0.2, -0.15) is 13.2 Å². The molecule has 112 valence electrons. The number of alkyl halides is 3. The number of halogens is 3. The van der Waals surface area contributed by atoms with Crippen molar-refractivity contribution in [2.45, 2.75) is 37.3 Å². The first-order valence-corrected chi connectivity index (χ1v) is 7.19. The number of anilines is 2. The van der Waals surface area contributed by atoms with Crippen LogP contribution in [-0.2, 0) is 4.79 Å². The Morgan fingerprint density at radius 2 is 2.10 bits per heavy atom. The van der Waals surface area contributed by atoms with Gasteiger partial charge in [0.05, 0.1) is 17.8 Å². The molecule has 0 unspecified atom stereocenters. The Morgan fingerprint density at radius 3 is 2.70 bits per heavy atom. The van der Waals surface area contributed by atoms with E-state index in [1.54, 1.807) is 23.9 Å². The molecule has 0 bridgehead atoms. The summed E-state index contributed by atoms with van der Waals surface area (Å²) in [5.74, 6) is 0.234. The molecule has 1 aromatic rings. The topological polar surface area (TPSA) is 55.1 Å². The van der Waals surface area contributed by atoms with Crippen molar-refractivity contribution in [3.8, 4) is 0 Å². The van der Waals surface area contributed by atoms with E-state index in [1.807, 2.05) is 13.0 Å². The fraction of sp³-hybridized carbons (Fsp3) is 0.462. The third-order valence-corrected chi connectivity index (χ3v) is 3.61. The third-order valence-electron chi connectivity index (χ3n) is 2.41. The highest BCUT2D eigenvalue weighted by Gasteiger charge is 2.27. The summed E-state index contributed by atoms with van der Waals surface area (Å²) in [4.78, 5) is 12.4. The van der Waals surface area contributed by atoms with Crippen LogP contribution in [0.1, 0.15) is 26.2 Å². The van der Waals surface area contributed by atoms with Gasteiger partial charge < -0.3 is 11.1 Å². The summed E-state index contributed by atoms with van der Waals surface area (Å²) < 4.78 is 36.1. The molecule has 0 heterocycles. The van der Waals surface area contributed by atoms with E-state index in [1.165, 1.54) is 0 Å². The van der Waals surface area contributed by atoms with Crippen molar-refractivity contribution in [3.63, 3.8) is 0 Å². The molecule has 1 rings (SSSR count).